The van der Waals surface area contributed by atoms with Crippen molar-refractivity contribution < 1.29 is 17.3 Å². The Labute approximate surface area is 117 Å². The van der Waals surface area contributed by atoms with Crippen LogP contribution in [0.5, 0.6) is 0 Å². The summed E-state index contributed by atoms with van der Waals surface area (Å²) >= 11 is 3.00. The first-order valence-corrected chi connectivity index (χ1v) is 7.40. The average Bonchev–Trinajstić information content (AvgIpc) is 2.72. The van der Waals surface area contributed by atoms with E-state index in [-0.39, 0.29) is 21.8 Å². The number of aromatic nitrogens is 2. The van der Waals surface area contributed by atoms with E-state index in [4.69, 9.17) is 4.52 Å². The van der Waals surface area contributed by atoms with Crippen molar-refractivity contribution in [2.45, 2.75) is 18.4 Å². The van der Waals surface area contributed by atoms with Gasteiger partial charge in [-0.1, -0.05) is 5.16 Å². The number of nitrogens with zero attached hydrogens (tertiary/aromatic N) is 2. The van der Waals surface area contributed by atoms with Gasteiger partial charge < -0.3 is 4.52 Å². The van der Waals surface area contributed by atoms with E-state index in [9.17, 15) is 12.8 Å². The molecular weight excluding hydrogens is 341 g/mol. The van der Waals surface area contributed by atoms with E-state index in [1.165, 1.54) is 6.07 Å². The number of aryl methyl sites for hydroxylation is 1. The van der Waals surface area contributed by atoms with E-state index in [0.29, 0.717) is 5.82 Å². The molecule has 1 aromatic heterocycles. The number of rotatable bonds is 4. The van der Waals surface area contributed by atoms with Gasteiger partial charge in [0.15, 0.2) is 5.82 Å². The first-order valence-electron chi connectivity index (χ1n) is 5.12. The fourth-order valence-electron chi connectivity index (χ4n) is 1.34. The van der Waals surface area contributed by atoms with Gasteiger partial charge in [-0.25, -0.2) is 17.5 Å². The molecular formula is C10H9BrFN3O3S. The number of halogens is 2. The van der Waals surface area contributed by atoms with Gasteiger partial charge in [-0.2, -0.15) is 4.98 Å². The third-order valence-corrected chi connectivity index (χ3v) is 4.54. The zero-order chi connectivity index (χ0) is 14.0. The van der Waals surface area contributed by atoms with Gasteiger partial charge in [0, 0.05) is 4.47 Å². The molecule has 0 aliphatic heterocycles. The van der Waals surface area contributed by atoms with Crippen LogP contribution in [0.25, 0.3) is 0 Å². The van der Waals surface area contributed by atoms with Crippen LogP contribution in [0.2, 0.25) is 0 Å². The molecule has 102 valence electrons. The molecule has 0 bridgehead atoms. The Kier molecular flexibility index (Phi) is 3.97. The second kappa shape index (κ2) is 5.35. The van der Waals surface area contributed by atoms with Crippen molar-refractivity contribution in [3.05, 3.63) is 40.2 Å². The van der Waals surface area contributed by atoms with Gasteiger partial charge in [0.25, 0.3) is 0 Å². The van der Waals surface area contributed by atoms with Crippen LogP contribution in [-0.2, 0) is 16.6 Å². The SMILES string of the molecule is Cc1noc(CNS(=O)(=O)c2ccc(F)cc2Br)n1. The third kappa shape index (κ3) is 3.37. The molecule has 0 spiro atoms. The van der Waals surface area contributed by atoms with Crippen LogP contribution in [-0.4, -0.2) is 18.6 Å². The minimum Gasteiger partial charge on any atom is -0.338 e. The Morgan fingerprint density at radius 3 is 2.79 bits per heavy atom. The molecule has 0 saturated heterocycles. The lowest BCUT2D eigenvalue weighted by atomic mass is 10.3. The number of sulfonamides is 1. The molecule has 9 heteroatoms. The summed E-state index contributed by atoms with van der Waals surface area (Å²) in [6, 6.07) is 3.31. The van der Waals surface area contributed by atoms with Crippen LogP contribution in [0.15, 0.2) is 32.1 Å². The molecule has 19 heavy (non-hydrogen) atoms. The van der Waals surface area contributed by atoms with Gasteiger partial charge in [-0.05, 0) is 41.1 Å². The summed E-state index contributed by atoms with van der Waals surface area (Å²) in [5.41, 5.74) is 0. The van der Waals surface area contributed by atoms with Crippen molar-refractivity contribution in [3.63, 3.8) is 0 Å². The average molecular weight is 350 g/mol. The van der Waals surface area contributed by atoms with Crippen molar-refractivity contribution in [2.24, 2.45) is 0 Å². The molecule has 0 unspecified atom stereocenters. The first-order chi connectivity index (χ1) is 8.88. The van der Waals surface area contributed by atoms with E-state index >= 15 is 0 Å². The summed E-state index contributed by atoms with van der Waals surface area (Å²) in [6.07, 6.45) is 0. The maximum atomic E-state index is 12.9. The lowest BCUT2D eigenvalue weighted by Crippen LogP contribution is -2.23. The summed E-state index contributed by atoms with van der Waals surface area (Å²) in [7, 11) is -3.79. The molecule has 0 saturated carbocycles. The van der Waals surface area contributed by atoms with Gasteiger partial charge in [0.05, 0.1) is 11.4 Å². The lowest BCUT2D eigenvalue weighted by Gasteiger charge is -2.06. The summed E-state index contributed by atoms with van der Waals surface area (Å²) in [4.78, 5) is 3.80. The zero-order valence-corrected chi connectivity index (χ0v) is 12.1. The second-order valence-electron chi connectivity index (χ2n) is 3.63. The Hall–Kier alpha value is -1.32. The van der Waals surface area contributed by atoms with E-state index in [0.717, 1.165) is 12.1 Å². The fourth-order valence-corrected chi connectivity index (χ4v) is 3.36. The van der Waals surface area contributed by atoms with Crippen molar-refractivity contribution in [2.75, 3.05) is 0 Å². The smallest absolute Gasteiger partial charge is 0.242 e. The van der Waals surface area contributed by atoms with Crippen molar-refractivity contribution in [1.82, 2.24) is 14.9 Å². The Bertz CT molecular complexity index is 702. The number of benzene rings is 1. The summed E-state index contributed by atoms with van der Waals surface area (Å²) < 4.78 is 44.1. The highest BCUT2D eigenvalue weighted by Crippen LogP contribution is 2.22. The molecule has 1 aromatic carbocycles. The molecule has 1 N–H and O–H groups in total. The van der Waals surface area contributed by atoms with Crippen LogP contribution in [0.3, 0.4) is 0 Å². The molecule has 0 amide bonds. The fraction of sp³-hybridized carbons (Fsp3) is 0.200. The van der Waals surface area contributed by atoms with Crippen LogP contribution < -0.4 is 4.72 Å². The van der Waals surface area contributed by atoms with Crippen LogP contribution in [0.4, 0.5) is 4.39 Å². The largest absolute Gasteiger partial charge is 0.338 e. The van der Waals surface area contributed by atoms with Crippen LogP contribution in [0, 0.1) is 12.7 Å². The first kappa shape index (κ1) is 14.1. The van der Waals surface area contributed by atoms with Gasteiger partial charge in [0.1, 0.15) is 5.82 Å². The summed E-state index contributed by atoms with van der Waals surface area (Å²) in [5, 5.41) is 3.54. The predicted octanol–water partition coefficient (Wildman–Crippen LogP) is 1.76. The molecule has 2 rings (SSSR count). The Morgan fingerprint density at radius 2 is 2.21 bits per heavy atom. The number of hydrogen-bond acceptors (Lipinski definition) is 5. The molecule has 0 fully saturated rings. The zero-order valence-electron chi connectivity index (χ0n) is 9.72. The normalized spacial score (nSPS) is 11.7. The summed E-state index contributed by atoms with van der Waals surface area (Å²) in [5.74, 6) is 0.0369. The van der Waals surface area contributed by atoms with E-state index in [1.807, 2.05) is 0 Å². The van der Waals surface area contributed by atoms with Crippen molar-refractivity contribution >= 4 is 26.0 Å². The summed E-state index contributed by atoms with van der Waals surface area (Å²) in [6.45, 7) is 1.49. The molecule has 0 aliphatic carbocycles. The maximum Gasteiger partial charge on any atom is 0.242 e. The molecule has 2 aromatic rings. The second-order valence-corrected chi connectivity index (χ2v) is 6.22. The minimum absolute atomic E-state index is 0.0647. The van der Waals surface area contributed by atoms with E-state index in [1.54, 1.807) is 6.92 Å². The molecule has 0 aliphatic rings. The lowest BCUT2D eigenvalue weighted by molar-refractivity contribution is 0.372. The van der Waals surface area contributed by atoms with Gasteiger partial charge in [0.2, 0.25) is 15.9 Å². The van der Waals surface area contributed by atoms with Gasteiger partial charge in [-0.15, -0.1) is 0 Å². The highest BCUT2D eigenvalue weighted by molar-refractivity contribution is 9.10. The molecule has 0 radical (unpaired) electrons. The van der Waals surface area contributed by atoms with Crippen LogP contribution >= 0.6 is 15.9 Å². The van der Waals surface area contributed by atoms with Crippen molar-refractivity contribution in [1.29, 1.82) is 0 Å². The monoisotopic (exact) mass is 349 g/mol. The van der Waals surface area contributed by atoms with Crippen LogP contribution in [0.1, 0.15) is 11.7 Å². The predicted molar refractivity (Wildman–Crippen MR) is 67.2 cm³/mol. The highest BCUT2D eigenvalue weighted by atomic mass is 79.9. The minimum atomic E-state index is -3.79. The van der Waals surface area contributed by atoms with E-state index in [2.05, 4.69) is 30.8 Å². The van der Waals surface area contributed by atoms with E-state index < -0.39 is 15.8 Å². The topological polar surface area (TPSA) is 85.1 Å². The highest BCUT2D eigenvalue weighted by Gasteiger charge is 2.19. The molecule has 6 nitrogen and oxygen atoms in total. The van der Waals surface area contributed by atoms with Crippen molar-refractivity contribution in [3.8, 4) is 0 Å². The quantitative estimate of drug-likeness (QED) is 0.908. The maximum absolute atomic E-state index is 12.9. The Morgan fingerprint density at radius 1 is 1.47 bits per heavy atom. The molecule has 0 atom stereocenters. The molecule has 1 heterocycles. The number of hydrogen-bond donors (Lipinski definition) is 1. The standard InChI is InChI=1S/C10H9BrFN3O3S/c1-6-14-10(18-15-6)5-13-19(16,17)9-3-2-7(12)4-8(9)11/h2-4,13H,5H2,1H3. The number of nitrogens with one attached hydrogen (secondary N) is 1. The van der Waals surface area contributed by atoms with Gasteiger partial charge >= 0.3 is 0 Å². The third-order valence-electron chi connectivity index (χ3n) is 2.17. The van der Waals surface area contributed by atoms with Gasteiger partial charge in [-0.3, -0.25) is 0 Å². The Balaban J connectivity index is 2.18.